The molecule has 1 N–H and O–H groups in total. The van der Waals surface area contributed by atoms with Crippen LogP contribution in [-0.4, -0.2) is 20.7 Å². The minimum atomic E-state index is -0.503. The number of aryl methyl sites for hydroxylation is 3. The van der Waals surface area contributed by atoms with Crippen LogP contribution in [-0.2, 0) is 0 Å². The Labute approximate surface area is 174 Å². The van der Waals surface area contributed by atoms with Crippen molar-refractivity contribution in [3.05, 3.63) is 95.1 Å². The lowest BCUT2D eigenvalue weighted by molar-refractivity contribution is 0.101. The summed E-state index contributed by atoms with van der Waals surface area (Å²) in [6.07, 6.45) is 0. The molecule has 0 saturated carbocycles. The van der Waals surface area contributed by atoms with E-state index in [1.165, 1.54) is 23.8 Å². The van der Waals surface area contributed by atoms with Crippen molar-refractivity contribution < 1.29 is 9.18 Å². The Balaban J connectivity index is 1.79. The molecule has 0 saturated heterocycles. The topological polar surface area (TPSA) is 59.8 Å². The summed E-state index contributed by atoms with van der Waals surface area (Å²) in [6.45, 7) is 6.07. The molecule has 0 fully saturated rings. The number of amides is 1. The summed E-state index contributed by atoms with van der Waals surface area (Å²) in [4.78, 5) is 17.3. The molecular formula is C24H21FN4O. The summed E-state index contributed by atoms with van der Waals surface area (Å²) in [5, 5.41) is 7.13. The van der Waals surface area contributed by atoms with Gasteiger partial charge in [0.05, 0.1) is 5.69 Å². The maximum atomic E-state index is 13.5. The third-order valence-corrected chi connectivity index (χ3v) is 4.90. The van der Waals surface area contributed by atoms with Gasteiger partial charge in [0.25, 0.3) is 5.91 Å². The van der Waals surface area contributed by atoms with E-state index >= 15 is 0 Å². The van der Waals surface area contributed by atoms with Gasteiger partial charge in [-0.25, -0.2) is 14.1 Å². The van der Waals surface area contributed by atoms with Gasteiger partial charge in [0, 0.05) is 11.3 Å². The molecule has 4 aromatic rings. The summed E-state index contributed by atoms with van der Waals surface area (Å²) in [6, 6.07) is 19.6. The molecule has 3 aromatic carbocycles. The smallest absolute Gasteiger partial charge is 0.295 e. The van der Waals surface area contributed by atoms with Gasteiger partial charge in [-0.1, -0.05) is 35.9 Å². The van der Waals surface area contributed by atoms with Crippen molar-refractivity contribution in [1.29, 1.82) is 0 Å². The molecule has 0 unspecified atom stereocenters. The number of rotatable bonds is 4. The third-order valence-electron chi connectivity index (χ3n) is 4.90. The molecule has 5 nitrogen and oxygen atoms in total. The largest absolute Gasteiger partial charge is 0.319 e. The normalized spacial score (nSPS) is 10.8. The van der Waals surface area contributed by atoms with E-state index in [1.54, 1.807) is 10.7 Å². The number of nitrogens with one attached hydrogen (secondary N) is 1. The van der Waals surface area contributed by atoms with Crippen LogP contribution in [0.15, 0.2) is 66.7 Å². The second-order valence-electron chi connectivity index (χ2n) is 7.27. The first kappa shape index (κ1) is 19.5. The van der Waals surface area contributed by atoms with Crippen LogP contribution in [0, 0.1) is 26.6 Å². The molecule has 0 spiro atoms. The lowest BCUT2D eigenvalue weighted by atomic mass is 10.1. The highest BCUT2D eigenvalue weighted by molar-refractivity contribution is 6.01. The minimum Gasteiger partial charge on any atom is -0.319 e. The van der Waals surface area contributed by atoms with Crippen molar-refractivity contribution in [2.45, 2.75) is 20.8 Å². The van der Waals surface area contributed by atoms with E-state index < -0.39 is 11.7 Å². The fourth-order valence-corrected chi connectivity index (χ4v) is 3.17. The van der Waals surface area contributed by atoms with Gasteiger partial charge in [-0.05, 0) is 68.3 Å². The lowest BCUT2D eigenvalue weighted by Gasteiger charge is -2.08. The van der Waals surface area contributed by atoms with Crippen LogP contribution in [0.4, 0.5) is 10.1 Å². The van der Waals surface area contributed by atoms with Crippen LogP contribution < -0.4 is 5.32 Å². The first-order chi connectivity index (χ1) is 14.4. The molecule has 30 heavy (non-hydrogen) atoms. The monoisotopic (exact) mass is 400 g/mol. The first-order valence-corrected chi connectivity index (χ1v) is 9.59. The Morgan fingerprint density at radius 3 is 2.47 bits per heavy atom. The van der Waals surface area contributed by atoms with E-state index in [-0.39, 0.29) is 5.82 Å². The molecule has 0 bridgehead atoms. The van der Waals surface area contributed by atoms with E-state index in [4.69, 9.17) is 0 Å². The van der Waals surface area contributed by atoms with Crippen LogP contribution in [0.3, 0.4) is 0 Å². The van der Waals surface area contributed by atoms with E-state index in [9.17, 15) is 9.18 Å². The summed E-state index contributed by atoms with van der Waals surface area (Å²) >= 11 is 0. The summed E-state index contributed by atoms with van der Waals surface area (Å²) in [5.41, 5.74) is 5.37. The number of benzene rings is 3. The Kier molecular flexibility index (Phi) is 5.14. The average Bonchev–Trinajstić information content (AvgIpc) is 3.16. The van der Waals surface area contributed by atoms with E-state index in [2.05, 4.69) is 15.4 Å². The number of hydrogen-bond donors (Lipinski definition) is 1. The molecule has 0 radical (unpaired) electrons. The highest BCUT2D eigenvalue weighted by atomic mass is 19.1. The van der Waals surface area contributed by atoms with Crippen LogP contribution in [0.1, 0.15) is 27.3 Å². The van der Waals surface area contributed by atoms with Crippen molar-refractivity contribution in [3.8, 4) is 17.1 Å². The maximum Gasteiger partial charge on any atom is 0.295 e. The van der Waals surface area contributed by atoms with Crippen LogP contribution in [0.5, 0.6) is 0 Å². The van der Waals surface area contributed by atoms with Crippen molar-refractivity contribution >= 4 is 11.6 Å². The molecule has 150 valence electrons. The third kappa shape index (κ3) is 3.98. The van der Waals surface area contributed by atoms with Crippen molar-refractivity contribution in [1.82, 2.24) is 14.8 Å². The van der Waals surface area contributed by atoms with Gasteiger partial charge < -0.3 is 5.32 Å². The molecular weight excluding hydrogens is 379 g/mol. The zero-order valence-electron chi connectivity index (χ0n) is 17.0. The van der Waals surface area contributed by atoms with Gasteiger partial charge in [-0.15, -0.1) is 5.10 Å². The summed E-state index contributed by atoms with van der Waals surface area (Å²) in [5.74, 6) is -0.362. The number of aromatic nitrogens is 3. The zero-order chi connectivity index (χ0) is 21.3. The predicted octanol–water partition coefficient (Wildman–Crippen LogP) is 5.25. The van der Waals surface area contributed by atoms with Gasteiger partial charge in [-0.3, -0.25) is 4.79 Å². The number of carbonyl (C=O) groups excluding carboxylic acids is 1. The van der Waals surface area contributed by atoms with Gasteiger partial charge in [0.1, 0.15) is 5.82 Å². The number of anilines is 1. The maximum absolute atomic E-state index is 13.5. The van der Waals surface area contributed by atoms with Gasteiger partial charge in [0.15, 0.2) is 5.82 Å². The Morgan fingerprint density at radius 2 is 1.73 bits per heavy atom. The second-order valence-corrected chi connectivity index (χ2v) is 7.27. The number of carbonyl (C=O) groups is 1. The first-order valence-electron chi connectivity index (χ1n) is 9.59. The molecule has 0 aliphatic rings. The lowest BCUT2D eigenvalue weighted by Crippen LogP contribution is -2.14. The van der Waals surface area contributed by atoms with Crippen molar-refractivity contribution in [2.75, 3.05) is 5.32 Å². The standard InChI is InChI=1S/C24H21FN4O/c1-15-6-4-7-18(12-15)23-27-22(24(30)26-20-9-5-8-19(25)14-20)28-29(23)21-11-10-16(2)17(3)13-21/h4-14H,1-3H3,(H,26,30). The zero-order valence-corrected chi connectivity index (χ0v) is 17.0. The molecule has 1 heterocycles. The van der Waals surface area contributed by atoms with E-state index in [1.807, 2.05) is 63.2 Å². The van der Waals surface area contributed by atoms with Crippen molar-refractivity contribution in [3.63, 3.8) is 0 Å². The molecule has 1 amide bonds. The van der Waals surface area contributed by atoms with E-state index in [0.717, 1.165) is 22.4 Å². The van der Waals surface area contributed by atoms with Crippen LogP contribution in [0.25, 0.3) is 17.1 Å². The fourth-order valence-electron chi connectivity index (χ4n) is 3.17. The summed E-state index contributed by atoms with van der Waals surface area (Å²) in [7, 11) is 0. The molecule has 0 aliphatic carbocycles. The Bertz CT molecular complexity index is 1250. The molecule has 1 aromatic heterocycles. The second kappa shape index (κ2) is 7.91. The quantitative estimate of drug-likeness (QED) is 0.509. The van der Waals surface area contributed by atoms with Crippen LogP contribution >= 0.6 is 0 Å². The molecule has 4 rings (SSSR count). The predicted molar refractivity (Wildman–Crippen MR) is 115 cm³/mol. The molecule has 6 heteroatoms. The fraction of sp³-hybridized carbons (Fsp3) is 0.125. The summed E-state index contributed by atoms with van der Waals surface area (Å²) < 4.78 is 15.1. The molecule has 0 aliphatic heterocycles. The van der Waals surface area contributed by atoms with Crippen molar-refractivity contribution in [2.24, 2.45) is 0 Å². The van der Waals surface area contributed by atoms with Crippen LogP contribution in [0.2, 0.25) is 0 Å². The van der Waals surface area contributed by atoms with Gasteiger partial charge in [-0.2, -0.15) is 0 Å². The number of hydrogen-bond acceptors (Lipinski definition) is 3. The van der Waals surface area contributed by atoms with Gasteiger partial charge in [0.2, 0.25) is 5.82 Å². The molecule has 0 atom stereocenters. The highest BCUT2D eigenvalue weighted by Gasteiger charge is 2.19. The minimum absolute atomic E-state index is 0.00833. The van der Waals surface area contributed by atoms with Gasteiger partial charge >= 0.3 is 0 Å². The SMILES string of the molecule is Cc1cccc(-c2nc(C(=O)Nc3cccc(F)c3)nn2-c2ccc(C)c(C)c2)c1. The number of nitrogens with zero attached hydrogens (tertiary/aromatic N) is 3. The highest BCUT2D eigenvalue weighted by Crippen LogP contribution is 2.24. The number of halogens is 1. The Hall–Kier alpha value is -3.80. The van der Waals surface area contributed by atoms with E-state index in [0.29, 0.717) is 11.5 Å². The average molecular weight is 400 g/mol. The Morgan fingerprint density at radius 1 is 0.933 bits per heavy atom.